The van der Waals surface area contributed by atoms with Gasteiger partial charge in [-0.3, -0.25) is 4.79 Å². The Morgan fingerprint density at radius 1 is 0.903 bits per heavy atom. The van der Waals surface area contributed by atoms with Crippen molar-refractivity contribution in [2.45, 2.75) is 6.42 Å². The van der Waals surface area contributed by atoms with Gasteiger partial charge < -0.3 is 10.3 Å². The molecule has 0 fully saturated rings. The van der Waals surface area contributed by atoms with Gasteiger partial charge in [0.25, 0.3) is 5.91 Å². The standard InChI is InChI=1S/C26H20BrN3O/c27-19-10-6-9-18(15-19)24-25-21(20-11-4-5-12-22(20)29-25)16-23(30-24)26(31)28-14-13-17-7-2-1-3-8-17/h1-12,15-16,29H,13-14H2,(H,28,31). The molecule has 0 radical (unpaired) electrons. The number of carbonyl (C=O) groups excluding carboxylic acids is 1. The molecule has 1 amide bonds. The predicted molar refractivity (Wildman–Crippen MR) is 129 cm³/mol. The third-order valence-electron chi connectivity index (χ3n) is 5.37. The Kier molecular flexibility index (Phi) is 5.26. The Morgan fingerprint density at radius 3 is 2.55 bits per heavy atom. The summed E-state index contributed by atoms with van der Waals surface area (Å²) in [7, 11) is 0. The van der Waals surface area contributed by atoms with Gasteiger partial charge in [-0.2, -0.15) is 0 Å². The monoisotopic (exact) mass is 469 g/mol. The van der Waals surface area contributed by atoms with Crippen molar-refractivity contribution in [2.24, 2.45) is 0 Å². The number of pyridine rings is 1. The second-order valence-corrected chi connectivity index (χ2v) is 8.37. The summed E-state index contributed by atoms with van der Waals surface area (Å²) in [4.78, 5) is 21.2. The highest BCUT2D eigenvalue weighted by atomic mass is 79.9. The first-order valence-corrected chi connectivity index (χ1v) is 11.0. The van der Waals surface area contributed by atoms with E-state index in [4.69, 9.17) is 4.98 Å². The first kappa shape index (κ1) is 19.5. The average molecular weight is 470 g/mol. The number of hydrogen-bond donors (Lipinski definition) is 2. The zero-order chi connectivity index (χ0) is 21.2. The molecule has 2 heterocycles. The van der Waals surface area contributed by atoms with E-state index in [2.05, 4.69) is 44.4 Å². The van der Waals surface area contributed by atoms with Gasteiger partial charge in [-0.15, -0.1) is 0 Å². The minimum absolute atomic E-state index is 0.167. The van der Waals surface area contributed by atoms with Crippen LogP contribution in [0.3, 0.4) is 0 Å². The van der Waals surface area contributed by atoms with Crippen molar-refractivity contribution >= 4 is 43.6 Å². The van der Waals surface area contributed by atoms with Gasteiger partial charge in [0.2, 0.25) is 0 Å². The van der Waals surface area contributed by atoms with Crippen LogP contribution in [0.5, 0.6) is 0 Å². The Bertz CT molecular complexity index is 1390. The molecule has 3 aromatic carbocycles. The molecule has 0 aliphatic carbocycles. The third kappa shape index (κ3) is 3.97. The lowest BCUT2D eigenvalue weighted by atomic mass is 10.1. The SMILES string of the molecule is O=C(NCCc1ccccc1)c1cc2c([nH]c3ccccc32)c(-c2cccc(Br)c2)n1. The van der Waals surface area contributed by atoms with Crippen LogP contribution in [0.4, 0.5) is 0 Å². The quantitative estimate of drug-likeness (QED) is 0.325. The van der Waals surface area contributed by atoms with E-state index in [1.807, 2.05) is 66.7 Å². The highest BCUT2D eigenvalue weighted by Gasteiger charge is 2.17. The summed E-state index contributed by atoms with van der Waals surface area (Å²) in [6, 6.07) is 28.1. The van der Waals surface area contributed by atoms with Gasteiger partial charge in [0.15, 0.2) is 0 Å². The summed E-state index contributed by atoms with van der Waals surface area (Å²) in [6.45, 7) is 0.558. The first-order chi connectivity index (χ1) is 15.2. The number of aromatic amines is 1. The second kappa shape index (κ2) is 8.36. The summed E-state index contributed by atoms with van der Waals surface area (Å²) in [5.74, 6) is -0.167. The zero-order valence-electron chi connectivity index (χ0n) is 16.7. The number of carbonyl (C=O) groups is 1. The lowest BCUT2D eigenvalue weighted by Crippen LogP contribution is -2.26. The van der Waals surface area contributed by atoms with Crippen molar-refractivity contribution in [1.29, 1.82) is 0 Å². The Labute approximate surface area is 188 Å². The normalized spacial score (nSPS) is 11.1. The molecule has 0 unspecified atom stereocenters. The Morgan fingerprint density at radius 2 is 1.71 bits per heavy atom. The van der Waals surface area contributed by atoms with Crippen molar-refractivity contribution in [1.82, 2.24) is 15.3 Å². The lowest BCUT2D eigenvalue weighted by Gasteiger charge is -2.09. The number of fused-ring (bicyclic) bond motifs is 3. The maximum atomic E-state index is 13.0. The molecule has 0 saturated heterocycles. The van der Waals surface area contributed by atoms with E-state index in [1.165, 1.54) is 5.56 Å². The van der Waals surface area contributed by atoms with Crippen LogP contribution in [0.25, 0.3) is 33.1 Å². The van der Waals surface area contributed by atoms with Crippen LogP contribution in [-0.4, -0.2) is 22.4 Å². The molecule has 0 saturated carbocycles. The largest absolute Gasteiger partial charge is 0.353 e. The molecule has 152 valence electrons. The molecule has 31 heavy (non-hydrogen) atoms. The topological polar surface area (TPSA) is 57.8 Å². The van der Waals surface area contributed by atoms with Gasteiger partial charge >= 0.3 is 0 Å². The van der Waals surface area contributed by atoms with Gasteiger partial charge in [0.05, 0.1) is 11.2 Å². The maximum Gasteiger partial charge on any atom is 0.269 e. The minimum Gasteiger partial charge on any atom is -0.353 e. The fourth-order valence-corrected chi connectivity index (χ4v) is 4.26. The van der Waals surface area contributed by atoms with Gasteiger partial charge in [-0.05, 0) is 36.2 Å². The number of amides is 1. The number of nitrogens with one attached hydrogen (secondary N) is 2. The summed E-state index contributed by atoms with van der Waals surface area (Å²) >= 11 is 3.54. The van der Waals surface area contributed by atoms with Crippen LogP contribution in [0.1, 0.15) is 16.1 Å². The highest BCUT2D eigenvalue weighted by Crippen LogP contribution is 2.33. The molecular formula is C26H20BrN3O. The second-order valence-electron chi connectivity index (χ2n) is 7.45. The molecule has 0 bridgehead atoms. The molecular weight excluding hydrogens is 450 g/mol. The van der Waals surface area contributed by atoms with E-state index in [-0.39, 0.29) is 5.91 Å². The minimum atomic E-state index is -0.167. The molecule has 5 heteroatoms. The van der Waals surface area contributed by atoms with Gasteiger partial charge in [-0.1, -0.05) is 76.6 Å². The van der Waals surface area contributed by atoms with Crippen LogP contribution in [0.2, 0.25) is 0 Å². The molecule has 2 aromatic heterocycles. The molecule has 0 aliphatic heterocycles. The number of benzene rings is 3. The Hall–Kier alpha value is -3.44. The number of halogens is 1. The van der Waals surface area contributed by atoms with E-state index in [0.717, 1.165) is 44.0 Å². The van der Waals surface area contributed by atoms with Crippen molar-refractivity contribution in [3.63, 3.8) is 0 Å². The molecule has 0 spiro atoms. The number of para-hydroxylation sites is 1. The highest BCUT2D eigenvalue weighted by molar-refractivity contribution is 9.10. The molecule has 4 nitrogen and oxygen atoms in total. The van der Waals surface area contributed by atoms with Crippen molar-refractivity contribution in [3.8, 4) is 11.3 Å². The number of rotatable bonds is 5. The van der Waals surface area contributed by atoms with Crippen LogP contribution < -0.4 is 5.32 Å². The van der Waals surface area contributed by atoms with Crippen molar-refractivity contribution in [2.75, 3.05) is 6.54 Å². The smallest absolute Gasteiger partial charge is 0.269 e. The Balaban J connectivity index is 1.55. The summed E-state index contributed by atoms with van der Waals surface area (Å²) in [5.41, 5.74) is 5.28. The van der Waals surface area contributed by atoms with Crippen molar-refractivity contribution < 1.29 is 4.79 Å². The molecule has 2 N–H and O–H groups in total. The number of hydrogen-bond acceptors (Lipinski definition) is 2. The maximum absolute atomic E-state index is 13.0. The lowest BCUT2D eigenvalue weighted by molar-refractivity contribution is 0.0949. The first-order valence-electron chi connectivity index (χ1n) is 10.2. The number of H-pyrrole nitrogens is 1. The molecule has 5 aromatic rings. The van der Waals surface area contributed by atoms with Gasteiger partial charge in [0.1, 0.15) is 5.69 Å². The van der Waals surface area contributed by atoms with Gasteiger partial charge in [0, 0.05) is 32.9 Å². The summed E-state index contributed by atoms with van der Waals surface area (Å²) in [6.07, 6.45) is 0.778. The fraction of sp³-hybridized carbons (Fsp3) is 0.0769. The van der Waals surface area contributed by atoms with Crippen LogP contribution in [0, 0.1) is 0 Å². The van der Waals surface area contributed by atoms with E-state index >= 15 is 0 Å². The molecule has 5 rings (SSSR count). The third-order valence-corrected chi connectivity index (χ3v) is 5.86. The zero-order valence-corrected chi connectivity index (χ0v) is 18.3. The summed E-state index contributed by atoms with van der Waals surface area (Å²) < 4.78 is 0.966. The van der Waals surface area contributed by atoms with Crippen LogP contribution in [0.15, 0.2) is 89.4 Å². The predicted octanol–water partition coefficient (Wildman–Crippen LogP) is 6.12. The van der Waals surface area contributed by atoms with Gasteiger partial charge in [-0.25, -0.2) is 4.98 Å². The van der Waals surface area contributed by atoms with E-state index < -0.39 is 0 Å². The van der Waals surface area contributed by atoms with E-state index in [1.54, 1.807) is 0 Å². The number of nitrogens with zero attached hydrogens (tertiary/aromatic N) is 1. The number of aromatic nitrogens is 2. The van der Waals surface area contributed by atoms with Crippen LogP contribution in [-0.2, 0) is 6.42 Å². The fourth-order valence-electron chi connectivity index (χ4n) is 3.86. The molecule has 0 aliphatic rings. The van der Waals surface area contributed by atoms with E-state index in [9.17, 15) is 4.79 Å². The van der Waals surface area contributed by atoms with Crippen molar-refractivity contribution in [3.05, 3.63) is 101 Å². The van der Waals surface area contributed by atoms with Crippen LogP contribution >= 0.6 is 15.9 Å². The molecule has 0 atom stereocenters. The van der Waals surface area contributed by atoms with E-state index in [0.29, 0.717) is 12.2 Å². The summed E-state index contributed by atoms with van der Waals surface area (Å²) in [5, 5.41) is 5.09. The average Bonchev–Trinajstić information content (AvgIpc) is 3.18.